The Morgan fingerprint density at radius 2 is 1.77 bits per heavy atom. The van der Waals surface area contributed by atoms with E-state index in [0.29, 0.717) is 62.8 Å². The van der Waals surface area contributed by atoms with Crippen LogP contribution in [0.3, 0.4) is 0 Å². The van der Waals surface area contributed by atoms with Gasteiger partial charge in [-0.3, -0.25) is 0 Å². The topological polar surface area (TPSA) is 59.9 Å². The van der Waals surface area contributed by atoms with E-state index in [0.717, 1.165) is 11.1 Å². The predicted molar refractivity (Wildman–Crippen MR) is 132 cm³/mol. The van der Waals surface area contributed by atoms with Gasteiger partial charge < -0.3 is 20.6 Å². The second-order valence-electron chi connectivity index (χ2n) is 7.64. The van der Waals surface area contributed by atoms with Crippen LogP contribution in [0.15, 0.2) is 41.4 Å². The summed E-state index contributed by atoms with van der Waals surface area (Å²) in [4.78, 5) is 6.52. The number of anilines is 1. The Bertz CT molecular complexity index is 886. The van der Waals surface area contributed by atoms with E-state index in [-0.39, 0.29) is 41.7 Å². The quantitative estimate of drug-likeness (QED) is 0.291. The van der Waals surface area contributed by atoms with Crippen LogP contribution in [0.25, 0.3) is 0 Å². The van der Waals surface area contributed by atoms with E-state index < -0.39 is 0 Å². The maximum Gasteiger partial charge on any atom is 0.191 e. The fourth-order valence-corrected chi connectivity index (χ4v) is 3.53. The molecule has 0 amide bonds. The zero-order chi connectivity index (χ0) is 21.5. The summed E-state index contributed by atoms with van der Waals surface area (Å²) >= 11 is 0. The highest BCUT2D eigenvalue weighted by Gasteiger charge is 2.19. The first-order valence-corrected chi connectivity index (χ1v) is 10.4. The van der Waals surface area contributed by atoms with Gasteiger partial charge in [0.25, 0.3) is 0 Å². The SMILES string of the molecule is CCNC(=NCc1ccc(F)c(C)c1)NCc1ccc(N2CCC(O)CC2)c(F)c1.I. The van der Waals surface area contributed by atoms with Gasteiger partial charge in [0.05, 0.1) is 18.3 Å². The number of nitrogens with one attached hydrogen (secondary N) is 2. The number of rotatable bonds is 6. The number of aliphatic hydroxyl groups excluding tert-OH is 1. The molecular weight excluding hydrogens is 513 g/mol. The van der Waals surface area contributed by atoms with Gasteiger partial charge in [0.2, 0.25) is 0 Å². The molecule has 0 bridgehead atoms. The number of piperidine rings is 1. The highest BCUT2D eigenvalue weighted by molar-refractivity contribution is 14.0. The second kappa shape index (κ2) is 12.2. The summed E-state index contributed by atoms with van der Waals surface area (Å²) in [5, 5.41) is 16.0. The highest BCUT2D eigenvalue weighted by atomic mass is 127. The van der Waals surface area contributed by atoms with Gasteiger partial charge >= 0.3 is 0 Å². The van der Waals surface area contributed by atoms with Crippen molar-refractivity contribution in [3.63, 3.8) is 0 Å². The van der Waals surface area contributed by atoms with E-state index in [9.17, 15) is 13.9 Å². The van der Waals surface area contributed by atoms with Crippen molar-refractivity contribution in [2.45, 2.75) is 45.9 Å². The van der Waals surface area contributed by atoms with Gasteiger partial charge in [0.1, 0.15) is 11.6 Å². The molecule has 0 aliphatic carbocycles. The number of aryl methyl sites for hydroxylation is 1. The van der Waals surface area contributed by atoms with Crippen LogP contribution in [0.1, 0.15) is 36.5 Å². The van der Waals surface area contributed by atoms with Crippen LogP contribution >= 0.6 is 24.0 Å². The number of halogens is 3. The monoisotopic (exact) mass is 544 g/mol. The molecule has 0 atom stereocenters. The van der Waals surface area contributed by atoms with E-state index in [1.54, 1.807) is 31.2 Å². The maximum absolute atomic E-state index is 14.6. The molecule has 0 radical (unpaired) electrons. The Morgan fingerprint density at radius 1 is 1.06 bits per heavy atom. The molecule has 1 saturated heterocycles. The van der Waals surface area contributed by atoms with Crippen molar-refractivity contribution in [2.75, 3.05) is 24.5 Å². The van der Waals surface area contributed by atoms with Crippen LogP contribution in [-0.2, 0) is 13.1 Å². The highest BCUT2D eigenvalue weighted by Crippen LogP contribution is 2.24. The first-order valence-electron chi connectivity index (χ1n) is 10.4. The first-order chi connectivity index (χ1) is 14.5. The Kier molecular flexibility index (Phi) is 9.95. The van der Waals surface area contributed by atoms with Gasteiger partial charge in [-0.1, -0.05) is 18.2 Å². The van der Waals surface area contributed by atoms with Crippen LogP contribution in [0.2, 0.25) is 0 Å². The number of aliphatic hydroxyl groups is 1. The molecule has 31 heavy (non-hydrogen) atoms. The van der Waals surface area contributed by atoms with E-state index in [1.165, 1.54) is 6.07 Å². The van der Waals surface area contributed by atoms with Crippen LogP contribution in [0, 0.1) is 18.6 Å². The van der Waals surface area contributed by atoms with Crippen molar-refractivity contribution in [3.05, 3.63) is 64.7 Å². The molecule has 170 valence electrons. The van der Waals surface area contributed by atoms with Gasteiger partial charge in [0, 0.05) is 26.2 Å². The molecule has 0 saturated carbocycles. The first kappa shape index (κ1) is 25.3. The van der Waals surface area contributed by atoms with Gasteiger partial charge in [-0.2, -0.15) is 0 Å². The zero-order valence-corrected chi connectivity index (χ0v) is 20.3. The summed E-state index contributed by atoms with van der Waals surface area (Å²) < 4.78 is 28.1. The van der Waals surface area contributed by atoms with Crippen LogP contribution in [0.4, 0.5) is 14.5 Å². The van der Waals surface area contributed by atoms with Crippen molar-refractivity contribution in [1.82, 2.24) is 10.6 Å². The van der Waals surface area contributed by atoms with Gasteiger partial charge in [-0.05, 0) is 61.6 Å². The third-order valence-corrected chi connectivity index (χ3v) is 5.26. The Labute approximate surface area is 200 Å². The zero-order valence-electron chi connectivity index (χ0n) is 18.0. The van der Waals surface area contributed by atoms with Crippen LogP contribution < -0.4 is 15.5 Å². The molecule has 2 aromatic carbocycles. The lowest BCUT2D eigenvalue weighted by atomic mass is 10.1. The predicted octanol–water partition coefficient (Wildman–Crippen LogP) is 4.11. The van der Waals surface area contributed by atoms with Crippen LogP contribution in [-0.4, -0.2) is 36.8 Å². The van der Waals surface area contributed by atoms with E-state index >= 15 is 0 Å². The molecule has 5 nitrogen and oxygen atoms in total. The lowest BCUT2D eigenvalue weighted by Gasteiger charge is -2.31. The summed E-state index contributed by atoms with van der Waals surface area (Å²) in [7, 11) is 0. The molecule has 1 heterocycles. The fraction of sp³-hybridized carbons (Fsp3) is 0.435. The smallest absolute Gasteiger partial charge is 0.191 e. The molecule has 1 fully saturated rings. The molecular formula is C23H31F2IN4O. The fourth-order valence-electron chi connectivity index (χ4n) is 3.53. The number of guanidine groups is 1. The molecule has 1 aliphatic heterocycles. The van der Waals surface area contributed by atoms with E-state index in [4.69, 9.17) is 0 Å². The number of hydrogen-bond donors (Lipinski definition) is 3. The van der Waals surface area contributed by atoms with Crippen molar-refractivity contribution in [3.8, 4) is 0 Å². The number of benzene rings is 2. The third-order valence-electron chi connectivity index (χ3n) is 5.26. The number of aliphatic imine (C=N–C) groups is 1. The lowest BCUT2D eigenvalue weighted by molar-refractivity contribution is 0.145. The molecule has 0 spiro atoms. The minimum atomic E-state index is -0.282. The van der Waals surface area contributed by atoms with Gasteiger partial charge in [0.15, 0.2) is 5.96 Å². The number of nitrogens with zero attached hydrogens (tertiary/aromatic N) is 2. The summed E-state index contributed by atoms with van der Waals surface area (Å²) in [6.45, 7) is 6.59. The summed E-state index contributed by atoms with van der Waals surface area (Å²) in [6.07, 6.45) is 1.05. The lowest BCUT2D eigenvalue weighted by Crippen LogP contribution is -2.37. The average molecular weight is 544 g/mol. The minimum absolute atomic E-state index is 0. The Balaban J connectivity index is 0.00000341. The molecule has 3 rings (SSSR count). The van der Waals surface area contributed by atoms with E-state index in [2.05, 4.69) is 15.6 Å². The van der Waals surface area contributed by atoms with E-state index in [1.807, 2.05) is 17.9 Å². The molecule has 3 N–H and O–H groups in total. The number of hydrogen-bond acceptors (Lipinski definition) is 3. The standard InChI is InChI=1S/C23H30F2N4O.HI/c1-3-26-23(27-14-17-4-6-20(24)16(2)12-17)28-15-18-5-7-22(21(25)13-18)29-10-8-19(30)9-11-29;/h4-7,12-13,19,30H,3,8-11,14-15H2,1-2H3,(H2,26,27,28);1H. The maximum atomic E-state index is 14.6. The molecule has 0 unspecified atom stereocenters. The normalized spacial score (nSPS) is 14.9. The van der Waals surface area contributed by atoms with Crippen molar-refractivity contribution < 1.29 is 13.9 Å². The summed E-state index contributed by atoms with van der Waals surface area (Å²) in [6, 6.07) is 10.2. The Hall–Kier alpha value is -1.94. The van der Waals surface area contributed by atoms with Crippen LogP contribution in [0.5, 0.6) is 0 Å². The van der Waals surface area contributed by atoms with Gasteiger partial charge in [-0.15, -0.1) is 24.0 Å². The minimum Gasteiger partial charge on any atom is -0.393 e. The second-order valence-corrected chi connectivity index (χ2v) is 7.64. The average Bonchev–Trinajstić information content (AvgIpc) is 2.73. The molecule has 1 aliphatic rings. The van der Waals surface area contributed by atoms with Crippen molar-refractivity contribution in [2.24, 2.45) is 4.99 Å². The third kappa shape index (κ3) is 7.31. The Morgan fingerprint density at radius 3 is 2.42 bits per heavy atom. The molecule has 8 heteroatoms. The van der Waals surface area contributed by atoms with Crippen molar-refractivity contribution in [1.29, 1.82) is 0 Å². The summed E-state index contributed by atoms with van der Waals surface area (Å²) in [5.74, 6) is 0.141. The largest absolute Gasteiger partial charge is 0.393 e. The van der Waals surface area contributed by atoms with Crippen molar-refractivity contribution >= 4 is 35.6 Å². The van der Waals surface area contributed by atoms with Gasteiger partial charge in [-0.25, -0.2) is 13.8 Å². The molecule has 2 aromatic rings. The molecule has 0 aromatic heterocycles. The summed E-state index contributed by atoms with van der Waals surface area (Å²) in [5.41, 5.74) is 2.92.